The summed E-state index contributed by atoms with van der Waals surface area (Å²) in [4.78, 5) is 24.5. The van der Waals surface area contributed by atoms with Gasteiger partial charge in [0.15, 0.2) is 6.10 Å². The highest BCUT2D eigenvalue weighted by Crippen LogP contribution is 2.16. The van der Waals surface area contributed by atoms with Gasteiger partial charge < -0.3 is 14.6 Å². The second kappa shape index (κ2) is 57.9. The lowest BCUT2D eigenvalue weighted by molar-refractivity contribution is -0.161. The molecular formula is C63H106O5. The van der Waals surface area contributed by atoms with Crippen LogP contribution in [0.2, 0.25) is 0 Å². The summed E-state index contributed by atoms with van der Waals surface area (Å²) < 4.78 is 10.7. The lowest BCUT2D eigenvalue weighted by Gasteiger charge is -2.15. The molecule has 5 nitrogen and oxygen atoms in total. The largest absolute Gasteiger partial charge is 0.462 e. The number of carbonyl (C=O) groups excluding carboxylic acids is 2. The minimum absolute atomic E-state index is 0.0713. The van der Waals surface area contributed by atoms with Gasteiger partial charge in [-0.3, -0.25) is 9.59 Å². The van der Waals surface area contributed by atoms with E-state index in [0.717, 1.165) is 96.3 Å². The molecule has 0 saturated heterocycles. The van der Waals surface area contributed by atoms with Crippen LogP contribution in [0.3, 0.4) is 0 Å². The minimum Gasteiger partial charge on any atom is -0.462 e. The maximum Gasteiger partial charge on any atom is 0.306 e. The first-order valence-electron chi connectivity index (χ1n) is 28.4. The Bertz CT molecular complexity index is 1340. The van der Waals surface area contributed by atoms with Gasteiger partial charge in [-0.15, -0.1) is 0 Å². The fourth-order valence-corrected chi connectivity index (χ4v) is 7.87. The molecule has 0 aliphatic rings. The number of esters is 2. The van der Waals surface area contributed by atoms with Crippen LogP contribution in [0.5, 0.6) is 0 Å². The van der Waals surface area contributed by atoms with Crippen molar-refractivity contribution in [3.8, 4) is 0 Å². The van der Waals surface area contributed by atoms with Crippen LogP contribution >= 0.6 is 0 Å². The quantitative estimate of drug-likeness (QED) is 0.0374. The van der Waals surface area contributed by atoms with E-state index in [1.165, 1.54) is 135 Å². The molecule has 68 heavy (non-hydrogen) atoms. The van der Waals surface area contributed by atoms with E-state index in [-0.39, 0.29) is 25.2 Å². The van der Waals surface area contributed by atoms with Crippen molar-refractivity contribution in [2.75, 3.05) is 13.2 Å². The average Bonchev–Trinajstić information content (AvgIpc) is 3.34. The summed E-state index contributed by atoms with van der Waals surface area (Å²) in [5.41, 5.74) is 0. The van der Waals surface area contributed by atoms with Gasteiger partial charge in [0.05, 0.1) is 6.61 Å². The Morgan fingerprint density at radius 3 is 0.882 bits per heavy atom. The number of hydrogen-bond donors (Lipinski definition) is 1. The molecule has 0 radical (unpaired) electrons. The molecule has 1 unspecified atom stereocenters. The summed E-state index contributed by atoms with van der Waals surface area (Å²) in [7, 11) is 0. The molecule has 0 aliphatic carbocycles. The second-order valence-electron chi connectivity index (χ2n) is 18.6. The zero-order chi connectivity index (χ0) is 49.2. The van der Waals surface area contributed by atoms with Gasteiger partial charge in [0.25, 0.3) is 0 Å². The fraction of sp³-hybridized carbons (Fsp3) is 0.683. The van der Waals surface area contributed by atoms with Gasteiger partial charge in [-0.2, -0.15) is 0 Å². The zero-order valence-electron chi connectivity index (χ0n) is 44.3. The molecule has 0 aromatic rings. The molecule has 0 rings (SSSR count). The molecule has 1 atom stereocenters. The molecule has 5 heteroatoms. The summed E-state index contributed by atoms with van der Waals surface area (Å²) in [6.45, 7) is 3.93. The highest BCUT2D eigenvalue weighted by Gasteiger charge is 2.16. The number of rotatable bonds is 51. The van der Waals surface area contributed by atoms with E-state index < -0.39 is 6.10 Å². The topological polar surface area (TPSA) is 72.8 Å². The standard InChI is InChI=1S/C63H106O5/c1-3-5-7-9-11-13-15-17-19-21-23-25-27-29-30-31-32-34-36-38-40-42-44-46-48-50-52-54-56-58-63(66)68-61(59-64)60-67-62(65)57-55-53-51-49-47-45-43-41-39-37-35-33-28-26-24-22-20-18-16-14-12-10-8-6-4-2/h5-8,11-14,17-20,23-26,29-30,61,64H,3-4,9-10,15-16,21-22,27-28,31-60H2,1-2H3/b7-5-,8-6-,13-11-,14-12-,19-17-,20-18-,25-23-,26-24-,30-29-. The first-order chi connectivity index (χ1) is 33.6. The SMILES string of the molecule is CC/C=C\C/C=C\C/C=C\C/C=C\C/C=C\CCCCCCCCCCCCCCCC(=O)OC(CO)COC(=O)CCCCCCCCCCCCCC/C=C\C/C=C\C/C=C\C/C=C\CC. The number of ether oxygens (including phenoxy) is 2. The summed E-state index contributed by atoms with van der Waals surface area (Å²) in [5.74, 6) is -0.593. The second-order valence-corrected chi connectivity index (χ2v) is 18.6. The van der Waals surface area contributed by atoms with E-state index in [1.54, 1.807) is 0 Å². The van der Waals surface area contributed by atoms with Crippen LogP contribution in [0.15, 0.2) is 109 Å². The smallest absolute Gasteiger partial charge is 0.306 e. The van der Waals surface area contributed by atoms with Crippen LogP contribution in [-0.4, -0.2) is 36.4 Å². The van der Waals surface area contributed by atoms with Crippen LogP contribution in [-0.2, 0) is 19.1 Å². The van der Waals surface area contributed by atoms with Crippen LogP contribution in [0.1, 0.15) is 258 Å². The lowest BCUT2D eigenvalue weighted by atomic mass is 10.0. The molecular weight excluding hydrogens is 837 g/mol. The van der Waals surface area contributed by atoms with Gasteiger partial charge >= 0.3 is 11.9 Å². The summed E-state index contributed by atoms with van der Waals surface area (Å²) in [5, 5.41) is 9.66. The Balaban J connectivity index is 3.51. The third-order valence-corrected chi connectivity index (χ3v) is 12.1. The van der Waals surface area contributed by atoms with Crippen molar-refractivity contribution in [1.82, 2.24) is 0 Å². The van der Waals surface area contributed by atoms with Crippen LogP contribution in [0, 0.1) is 0 Å². The molecule has 0 heterocycles. The molecule has 0 aromatic heterocycles. The number of carbonyl (C=O) groups is 2. The van der Waals surface area contributed by atoms with E-state index in [9.17, 15) is 14.7 Å². The third kappa shape index (κ3) is 55.2. The van der Waals surface area contributed by atoms with Crippen molar-refractivity contribution in [3.05, 3.63) is 109 Å². The minimum atomic E-state index is -0.780. The highest BCUT2D eigenvalue weighted by molar-refractivity contribution is 5.70. The molecule has 0 aliphatic heterocycles. The van der Waals surface area contributed by atoms with E-state index in [2.05, 4.69) is 123 Å². The maximum atomic E-state index is 12.3. The maximum absolute atomic E-state index is 12.3. The normalized spacial score (nSPS) is 13.0. The number of unbranched alkanes of at least 4 members (excludes halogenated alkanes) is 25. The fourth-order valence-electron chi connectivity index (χ4n) is 7.87. The molecule has 0 amide bonds. The van der Waals surface area contributed by atoms with Crippen LogP contribution in [0.25, 0.3) is 0 Å². The molecule has 0 aromatic carbocycles. The Morgan fingerprint density at radius 2 is 0.588 bits per heavy atom. The van der Waals surface area contributed by atoms with Gasteiger partial charge in [0.2, 0.25) is 0 Å². The van der Waals surface area contributed by atoms with Crippen molar-refractivity contribution in [1.29, 1.82) is 0 Å². The van der Waals surface area contributed by atoms with Gasteiger partial charge in [0, 0.05) is 12.8 Å². The molecule has 388 valence electrons. The van der Waals surface area contributed by atoms with E-state index in [1.807, 2.05) is 0 Å². The number of hydrogen-bond acceptors (Lipinski definition) is 5. The predicted molar refractivity (Wildman–Crippen MR) is 297 cm³/mol. The number of allylic oxidation sites excluding steroid dienone is 18. The molecule has 0 fully saturated rings. The van der Waals surface area contributed by atoms with Crippen molar-refractivity contribution in [2.45, 2.75) is 264 Å². The average molecular weight is 944 g/mol. The molecule has 0 bridgehead atoms. The van der Waals surface area contributed by atoms with Gasteiger partial charge in [-0.25, -0.2) is 0 Å². The Labute approximate surface area is 421 Å². The predicted octanol–water partition coefficient (Wildman–Crippen LogP) is 19.3. The first-order valence-corrected chi connectivity index (χ1v) is 28.4. The van der Waals surface area contributed by atoms with Gasteiger partial charge in [0.1, 0.15) is 6.61 Å². The summed E-state index contributed by atoms with van der Waals surface area (Å²) in [6, 6.07) is 0. The molecule has 1 N–H and O–H groups in total. The summed E-state index contributed by atoms with van der Waals surface area (Å²) >= 11 is 0. The Kier molecular flexibility index (Phi) is 54.9. The molecule has 0 spiro atoms. The highest BCUT2D eigenvalue weighted by atomic mass is 16.6. The third-order valence-electron chi connectivity index (χ3n) is 12.1. The van der Waals surface area contributed by atoms with Crippen molar-refractivity contribution >= 4 is 11.9 Å². The number of aliphatic hydroxyl groups is 1. The Morgan fingerprint density at radius 1 is 0.338 bits per heavy atom. The van der Waals surface area contributed by atoms with Crippen LogP contribution in [0.4, 0.5) is 0 Å². The van der Waals surface area contributed by atoms with Crippen molar-refractivity contribution < 1.29 is 24.2 Å². The van der Waals surface area contributed by atoms with Crippen LogP contribution < -0.4 is 0 Å². The van der Waals surface area contributed by atoms with Crippen molar-refractivity contribution in [3.63, 3.8) is 0 Å². The Hall–Kier alpha value is -3.44. The lowest BCUT2D eigenvalue weighted by Crippen LogP contribution is -2.28. The molecule has 0 saturated carbocycles. The zero-order valence-corrected chi connectivity index (χ0v) is 44.3. The van der Waals surface area contributed by atoms with Gasteiger partial charge in [-0.05, 0) is 96.3 Å². The van der Waals surface area contributed by atoms with Crippen molar-refractivity contribution in [2.24, 2.45) is 0 Å². The summed E-state index contributed by atoms with van der Waals surface area (Å²) in [6.07, 6.45) is 83.4. The van der Waals surface area contributed by atoms with Gasteiger partial charge in [-0.1, -0.05) is 258 Å². The van der Waals surface area contributed by atoms with E-state index >= 15 is 0 Å². The number of aliphatic hydroxyl groups excluding tert-OH is 1. The van der Waals surface area contributed by atoms with E-state index in [0.29, 0.717) is 12.8 Å². The van der Waals surface area contributed by atoms with E-state index in [4.69, 9.17) is 9.47 Å². The monoisotopic (exact) mass is 943 g/mol. The first kappa shape index (κ1) is 64.6.